The van der Waals surface area contributed by atoms with E-state index in [9.17, 15) is 16.8 Å². The molecule has 0 unspecified atom stereocenters. The van der Waals surface area contributed by atoms with Gasteiger partial charge in [0, 0.05) is 36.0 Å². The zero-order valence-corrected chi connectivity index (χ0v) is 28.3. The SMILES string of the molecule is CCOC1=C2CN(S(=O)(=O)c3ccc(C)cc3)[C@H](c3cccc(Cl)c3)C[C@@H]2N(S(=O)(=O)c2ccc(C)cc2)[C@H](c2ccncc2)C1. The summed E-state index contributed by atoms with van der Waals surface area (Å²) in [5, 5.41) is 0.462. The van der Waals surface area contributed by atoms with Gasteiger partial charge in [0.05, 0.1) is 40.3 Å². The number of benzene rings is 3. The highest BCUT2D eigenvalue weighted by Crippen LogP contribution is 2.49. The number of halogens is 1. The molecular weight excluding hydrogens is 642 g/mol. The first-order valence-electron chi connectivity index (χ1n) is 15.2. The molecule has 8 nitrogen and oxygen atoms in total. The molecule has 11 heteroatoms. The number of hydrogen-bond donors (Lipinski definition) is 0. The minimum Gasteiger partial charge on any atom is -0.498 e. The van der Waals surface area contributed by atoms with Crippen molar-refractivity contribution in [1.82, 2.24) is 13.6 Å². The molecule has 1 fully saturated rings. The Morgan fingerprint density at radius 3 is 1.98 bits per heavy atom. The van der Waals surface area contributed by atoms with E-state index in [2.05, 4.69) is 4.98 Å². The molecule has 46 heavy (non-hydrogen) atoms. The number of fused-ring (bicyclic) bond motifs is 1. The van der Waals surface area contributed by atoms with Gasteiger partial charge in [-0.25, -0.2) is 16.8 Å². The number of nitrogens with zero attached hydrogens (tertiary/aromatic N) is 3. The lowest BCUT2D eigenvalue weighted by Gasteiger charge is -2.49. The summed E-state index contributed by atoms with van der Waals surface area (Å²) in [5.74, 6) is 0.610. The number of rotatable bonds is 8. The molecule has 1 aromatic heterocycles. The Kier molecular flexibility index (Phi) is 9.11. The first kappa shape index (κ1) is 32.4. The van der Waals surface area contributed by atoms with E-state index < -0.39 is 38.2 Å². The van der Waals surface area contributed by atoms with Crippen LogP contribution in [0.4, 0.5) is 0 Å². The van der Waals surface area contributed by atoms with Crippen LogP contribution < -0.4 is 0 Å². The molecule has 0 N–H and O–H groups in total. The van der Waals surface area contributed by atoms with E-state index in [0.717, 1.165) is 16.7 Å². The van der Waals surface area contributed by atoms with Crippen molar-refractivity contribution in [2.24, 2.45) is 0 Å². The second-order valence-corrected chi connectivity index (χ2v) is 15.9. The van der Waals surface area contributed by atoms with Crippen LogP contribution in [-0.2, 0) is 24.8 Å². The monoisotopic (exact) mass is 677 g/mol. The van der Waals surface area contributed by atoms with Gasteiger partial charge in [-0.05, 0) is 86.8 Å². The van der Waals surface area contributed by atoms with Crippen LogP contribution in [0.25, 0.3) is 0 Å². The molecule has 0 aliphatic carbocycles. The summed E-state index contributed by atoms with van der Waals surface area (Å²) in [6.07, 6.45) is 3.70. The zero-order valence-electron chi connectivity index (χ0n) is 25.9. The summed E-state index contributed by atoms with van der Waals surface area (Å²) in [7, 11) is -8.11. The lowest BCUT2D eigenvalue weighted by Crippen LogP contribution is -2.54. The van der Waals surface area contributed by atoms with Gasteiger partial charge in [-0.3, -0.25) is 4.98 Å². The number of aryl methyl sites for hydroxylation is 2. The van der Waals surface area contributed by atoms with E-state index in [4.69, 9.17) is 16.3 Å². The maximum Gasteiger partial charge on any atom is 0.244 e. The summed E-state index contributed by atoms with van der Waals surface area (Å²) in [6, 6.07) is 22.3. The summed E-state index contributed by atoms with van der Waals surface area (Å²) < 4.78 is 67.5. The van der Waals surface area contributed by atoms with Crippen LogP contribution in [0.1, 0.15) is 54.1 Å². The molecule has 0 saturated carbocycles. The third-order valence-electron chi connectivity index (χ3n) is 8.74. The lowest BCUT2D eigenvalue weighted by atomic mass is 9.84. The Bertz CT molecular complexity index is 1970. The van der Waals surface area contributed by atoms with E-state index in [0.29, 0.717) is 28.5 Å². The Hall–Kier alpha value is -3.54. The number of ether oxygens (including phenoxy) is 1. The first-order chi connectivity index (χ1) is 22.0. The molecule has 0 amide bonds. The van der Waals surface area contributed by atoms with Crippen molar-refractivity contribution in [2.45, 2.75) is 61.5 Å². The van der Waals surface area contributed by atoms with E-state index >= 15 is 0 Å². The molecule has 240 valence electrons. The number of piperidine rings is 1. The van der Waals surface area contributed by atoms with Crippen LogP contribution in [0.5, 0.6) is 0 Å². The molecule has 1 saturated heterocycles. The van der Waals surface area contributed by atoms with Gasteiger partial charge in [0.2, 0.25) is 20.0 Å². The third-order valence-corrected chi connectivity index (χ3v) is 12.8. The van der Waals surface area contributed by atoms with Gasteiger partial charge in [-0.15, -0.1) is 0 Å². The topological polar surface area (TPSA) is 96.9 Å². The van der Waals surface area contributed by atoms with Crippen molar-refractivity contribution >= 4 is 31.6 Å². The maximum absolute atomic E-state index is 14.7. The maximum atomic E-state index is 14.7. The van der Waals surface area contributed by atoms with Crippen LogP contribution in [0.3, 0.4) is 0 Å². The number of pyridine rings is 1. The molecule has 2 aliphatic rings. The second kappa shape index (κ2) is 12.9. The molecule has 0 radical (unpaired) electrons. The normalized spacial score (nSPS) is 21.2. The Labute approximate surface area is 276 Å². The van der Waals surface area contributed by atoms with Gasteiger partial charge in [-0.2, -0.15) is 8.61 Å². The standard InChI is InChI=1S/C35H36ClN3O5S2/c1-4-44-35-22-33(26-16-18-37-19-17-26)39(46(42,43)30-14-10-25(3)11-15-30)34-21-32(27-6-5-7-28(36)20-27)38(23-31(34)35)45(40,41)29-12-8-24(2)9-13-29/h5-20,32-34H,4,21-23H2,1-3H3/t32-,33-,34-/m0/s1. The van der Waals surface area contributed by atoms with Crippen LogP contribution in [-0.4, -0.2) is 49.6 Å². The number of aromatic nitrogens is 1. The van der Waals surface area contributed by atoms with Crippen molar-refractivity contribution in [1.29, 1.82) is 0 Å². The summed E-state index contributed by atoms with van der Waals surface area (Å²) >= 11 is 6.45. The van der Waals surface area contributed by atoms with Gasteiger partial charge in [0.15, 0.2) is 0 Å². The van der Waals surface area contributed by atoms with Crippen molar-refractivity contribution in [3.05, 3.63) is 136 Å². The van der Waals surface area contributed by atoms with Gasteiger partial charge >= 0.3 is 0 Å². The van der Waals surface area contributed by atoms with Gasteiger partial charge < -0.3 is 4.74 Å². The van der Waals surface area contributed by atoms with E-state index in [1.165, 1.54) is 4.31 Å². The Balaban J connectivity index is 1.57. The highest BCUT2D eigenvalue weighted by Gasteiger charge is 2.51. The third kappa shape index (κ3) is 6.12. The zero-order chi connectivity index (χ0) is 32.6. The minimum atomic E-state index is -4.08. The fourth-order valence-corrected chi connectivity index (χ4v) is 10.1. The summed E-state index contributed by atoms with van der Waals surface area (Å²) in [5.41, 5.74) is 3.97. The number of hydrogen-bond acceptors (Lipinski definition) is 6. The largest absolute Gasteiger partial charge is 0.498 e. The number of sulfonamides is 2. The fourth-order valence-electron chi connectivity index (χ4n) is 6.46. The van der Waals surface area contributed by atoms with Crippen molar-refractivity contribution in [3.63, 3.8) is 0 Å². The lowest BCUT2D eigenvalue weighted by molar-refractivity contribution is 0.118. The average molecular weight is 678 g/mol. The predicted molar refractivity (Wildman–Crippen MR) is 178 cm³/mol. The molecule has 0 spiro atoms. The Morgan fingerprint density at radius 1 is 0.783 bits per heavy atom. The molecule has 2 aliphatic heterocycles. The van der Waals surface area contributed by atoms with Crippen LogP contribution in [0.2, 0.25) is 5.02 Å². The highest BCUT2D eigenvalue weighted by atomic mass is 35.5. The van der Waals surface area contributed by atoms with Crippen molar-refractivity contribution < 1.29 is 21.6 Å². The molecule has 6 rings (SSSR count). The highest BCUT2D eigenvalue weighted by molar-refractivity contribution is 7.89. The second-order valence-electron chi connectivity index (χ2n) is 11.7. The van der Waals surface area contributed by atoms with Gasteiger partial charge in [0.25, 0.3) is 0 Å². The van der Waals surface area contributed by atoms with E-state index in [1.807, 2.05) is 39.0 Å². The summed E-state index contributed by atoms with van der Waals surface area (Å²) in [6.45, 7) is 5.99. The van der Waals surface area contributed by atoms with Gasteiger partial charge in [-0.1, -0.05) is 59.1 Å². The van der Waals surface area contributed by atoms with E-state index in [1.54, 1.807) is 83.4 Å². The predicted octanol–water partition coefficient (Wildman–Crippen LogP) is 6.98. The van der Waals surface area contributed by atoms with Crippen LogP contribution in [0.15, 0.2) is 118 Å². The van der Waals surface area contributed by atoms with E-state index in [-0.39, 0.29) is 29.2 Å². The quantitative estimate of drug-likeness (QED) is 0.200. The average Bonchev–Trinajstić information content (AvgIpc) is 3.05. The smallest absolute Gasteiger partial charge is 0.244 e. The van der Waals surface area contributed by atoms with Crippen molar-refractivity contribution in [2.75, 3.05) is 13.2 Å². The Morgan fingerprint density at radius 2 is 1.39 bits per heavy atom. The van der Waals surface area contributed by atoms with Gasteiger partial charge in [0.1, 0.15) is 0 Å². The molecular formula is C35H36ClN3O5S2. The molecule has 3 aromatic carbocycles. The summed E-state index contributed by atoms with van der Waals surface area (Å²) in [4.78, 5) is 4.50. The minimum absolute atomic E-state index is 0.0453. The van der Waals surface area contributed by atoms with Crippen molar-refractivity contribution in [3.8, 4) is 0 Å². The van der Waals surface area contributed by atoms with Crippen LogP contribution in [0, 0.1) is 13.8 Å². The first-order valence-corrected chi connectivity index (χ1v) is 18.5. The fraction of sp³-hybridized carbons (Fsp3) is 0.286. The molecule has 0 bridgehead atoms. The molecule has 4 aromatic rings. The van der Waals surface area contributed by atoms with Crippen LogP contribution >= 0.6 is 11.6 Å². The molecule has 3 atom stereocenters. The molecule has 3 heterocycles.